The van der Waals surface area contributed by atoms with Crippen molar-refractivity contribution in [1.82, 2.24) is 0 Å². The van der Waals surface area contributed by atoms with Crippen molar-refractivity contribution in [3.8, 4) is 0 Å². The van der Waals surface area contributed by atoms with Crippen LogP contribution in [0.15, 0.2) is 22.7 Å². The number of nitrogens with two attached hydrogens (primary N) is 1. The first kappa shape index (κ1) is 13.2. The zero-order valence-electron chi connectivity index (χ0n) is 9.97. The molecule has 0 heterocycles. The Morgan fingerprint density at radius 2 is 2.24 bits per heavy atom. The Morgan fingerprint density at radius 3 is 2.76 bits per heavy atom. The SMILES string of the molecule is CC(CN)(CC1CC1)Nc1ccc(Br)c(Cl)c1. The maximum absolute atomic E-state index is 6.09. The van der Waals surface area contributed by atoms with Crippen LogP contribution in [0.3, 0.4) is 0 Å². The Hall–Kier alpha value is -0.250. The molecular formula is C13H18BrClN2. The zero-order chi connectivity index (χ0) is 12.5. The number of nitrogens with one attached hydrogen (secondary N) is 1. The summed E-state index contributed by atoms with van der Waals surface area (Å²) >= 11 is 9.48. The summed E-state index contributed by atoms with van der Waals surface area (Å²) in [6, 6.07) is 5.92. The van der Waals surface area contributed by atoms with Crippen molar-refractivity contribution in [3.63, 3.8) is 0 Å². The monoisotopic (exact) mass is 316 g/mol. The second kappa shape index (κ2) is 5.17. The van der Waals surface area contributed by atoms with E-state index in [1.54, 1.807) is 0 Å². The molecule has 2 nitrogen and oxygen atoms in total. The molecule has 1 aliphatic rings. The molecule has 17 heavy (non-hydrogen) atoms. The molecule has 1 unspecified atom stereocenters. The third-order valence-corrected chi connectivity index (χ3v) is 4.48. The quantitative estimate of drug-likeness (QED) is 0.860. The Morgan fingerprint density at radius 1 is 1.53 bits per heavy atom. The molecule has 0 spiro atoms. The third-order valence-electron chi connectivity index (χ3n) is 3.25. The molecular weight excluding hydrogens is 300 g/mol. The predicted molar refractivity (Wildman–Crippen MR) is 77.6 cm³/mol. The highest BCUT2D eigenvalue weighted by molar-refractivity contribution is 9.10. The van der Waals surface area contributed by atoms with Crippen LogP contribution in [0.25, 0.3) is 0 Å². The average Bonchev–Trinajstić information content (AvgIpc) is 3.07. The number of anilines is 1. The summed E-state index contributed by atoms with van der Waals surface area (Å²) in [7, 11) is 0. The van der Waals surface area contributed by atoms with Crippen molar-refractivity contribution in [2.24, 2.45) is 11.7 Å². The minimum atomic E-state index is -0.0294. The lowest BCUT2D eigenvalue weighted by Crippen LogP contribution is -2.43. The van der Waals surface area contributed by atoms with Gasteiger partial charge in [0.1, 0.15) is 0 Å². The third kappa shape index (κ3) is 3.60. The minimum absolute atomic E-state index is 0.0294. The maximum atomic E-state index is 6.09. The van der Waals surface area contributed by atoms with E-state index in [9.17, 15) is 0 Å². The van der Waals surface area contributed by atoms with Crippen LogP contribution in [0.1, 0.15) is 26.2 Å². The van der Waals surface area contributed by atoms with E-state index in [1.165, 1.54) is 12.8 Å². The minimum Gasteiger partial charge on any atom is -0.379 e. The van der Waals surface area contributed by atoms with Crippen LogP contribution in [0, 0.1) is 5.92 Å². The first-order chi connectivity index (χ1) is 8.02. The molecule has 0 amide bonds. The molecule has 2 rings (SSSR count). The Balaban J connectivity index is 2.08. The van der Waals surface area contributed by atoms with Gasteiger partial charge in [-0.1, -0.05) is 24.4 Å². The van der Waals surface area contributed by atoms with Crippen molar-refractivity contribution in [3.05, 3.63) is 27.7 Å². The van der Waals surface area contributed by atoms with E-state index in [1.807, 2.05) is 18.2 Å². The van der Waals surface area contributed by atoms with Gasteiger partial charge >= 0.3 is 0 Å². The second-order valence-corrected chi connectivity index (χ2v) is 6.43. The van der Waals surface area contributed by atoms with Crippen LogP contribution >= 0.6 is 27.5 Å². The van der Waals surface area contributed by atoms with E-state index in [-0.39, 0.29) is 5.54 Å². The predicted octanol–water partition coefficient (Wildman–Crippen LogP) is 4.03. The largest absolute Gasteiger partial charge is 0.379 e. The van der Waals surface area contributed by atoms with Crippen LogP contribution in [-0.4, -0.2) is 12.1 Å². The van der Waals surface area contributed by atoms with E-state index < -0.39 is 0 Å². The van der Waals surface area contributed by atoms with Crippen LogP contribution in [0.5, 0.6) is 0 Å². The number of hydrogen-bond acceptors (Lipinski definition) is 2. The normalized spacial score (nSPS) is 18.8. The molecule has 4 heteroatoms. The molecule has 1 fully saturated rings. The van der Waals surface area contributed by atoms with Gasteiger partial charge in [0.15, 0.2) is 0 Å². The van der Waals surface area contributed by atoms with Gasteiger partial charge < -0.3 is 11.1 Å². The van der Waals surface area contributed by atoms with E-state index in [2.05, 4.69) is 28.2 Å². The van der Waals surface area contributed by atoms with Crippen LogP contribution < -0.4 is 11.1 Å². The molecule has 0 aliphatic heterocycles. The van der Waals surface area contributed by atoms with Gasteiger partial charge in [0, 0.05) is 22.2 Å². The fourth-order valence-corrected chi connectivity index (χ4v) is 2.49. The highest BCUT2D eigenvalue weighted by atomic mass is 79.9. The van der Waals surface area contributed by atoms with Gasteiger partial charge in [-0.2, -0.15) is 0 Å². The van der Waals surface area contributed by atoms with Gasteiger partial charge in [0.05, 0.1) is 5.02 Å². The lowest BCUT2D eigenvalue weighted by atomic mass is 9.94. The standard InChI is InChI=1S/C13H18BrClN2/c1-13(8-16,7-9-2-3-9)17-10-4-5-11(14)12(15)6-10/h4-6,9,17H,2-3,7-8,16H2,1H3. The topological polar surface area (TPSA) is 38.0 Å². The lowest BCUT2D eigenvalue weighted by molar-refractivity contribution is 0.453. The second-order valence-electron chi connectivity index (χ2n) is 5.17. The summed E-state index contributed by atoms with van der Waals surface area (Å²) in [6.07, 6.45) is 3.83. The van der Waals surface area contributed by atoms with E-state index in [0.717, 1.165) is 27.5 Å². The molecule has 1 aromatic carbocycles. The summed E-state index contributed by atoms with van der Waals surface area (Å²) in [4.78, 5) is 0. The average molecular weight is 318 g/mol. The Labute approximate surface area is 116 Å². The van der Waals surface area contributed by atoms with Crippen LogP contribution in [0.2, 0.25) is 5.02 Å². The van der Waals surface area contributed by atoms with Crippen molar-refractivity contribution >= 4 is 33.2 Å². The van der Waals surface area contributed by atoms with Crippen LogP contribution in [0.4, 0.5) is 5.69 Å². The van der Waals surface area contributed by atoms with Gasteiger partial charge in [-0.3, -0.25) is 0 Å². The number of hydrogen-bond donors (Lipinski definition) is 2. The van der Waals surface area contributed by atoms with Crippen molar-refractivity contribution in [2.75, 3.05) is 11.9 Å². The lowest BCUT2D eigenvalue weighted by Gasteiger charge is -2.31. The Kier molecular flexibility index (Phi) is 4.01. The summed E-state index contributed by atoms with van der Waals surface area (Å²) in [5.74, 6) is 0.849. The smallest absolute Gasteiger partial charge is 0.0568 e. The van der Waals surface area contributed by atoms with E-state index >= 15 is 0 Å². The molecule has 1 saturated carbocycles. The molecule has 1 aliphatic carbocycles. The number of benzene rings is 1. The van der Waals surface area contributed by atoms with Gasteiger partial charge in [-0.25, -0.2) is 0 Å². The van der Waals surface area contributed by atoms with Crippen molar-refractivity contribution in [2.45, 2.75) is 31.7 Å². The fraction of sp³-hybridized carbons (Fsp3) is 0.538. The molecule has 3 N–H and O–H groups in total. The van der Waals surface area contributed by atoms with Crippen molar-refractivity contribution < 1.29 is 0 Å². The van der Waals surface area contributed by atoms with Gasteiger partial charge in [0.2, 0.25) is 0 Å². The zero-order valence-corrected chi connectivity index (χ0v) is 12.3. The van der Waals surface area contributed by atoms with Gasteiger partial charge in [0.25, 0.3) is 0 Å². The van der Waals surface area contributed by atoms with Crippen LogP contribution in [-0.2, 0) is 0 Å². The van der Waals surface area contributed by atoms with E-state index in [4.69, 9.17) is 17.3 Å². The first-order valence-electron chi connectivity index (χ1n) is 5.96. The fourth-order valence-electron chi connectivity index (χ4n) is 2.07. The summed E-state index contributed by atoms with van der Waals surface area (Å²) in [5.41, 5.74) is 6.90. The molecule has 0 saturated heterocycles. The number of rotatable bonds is 5. The summed E-state index contributed by atoms with van der Waals surface area (Å²) in [6.45, 7) is 2.82. The maximum Gasteiger partial charge on any atom is 0.0568 e. The summed E-state index contributed by atoms with van der Waals surface area (Å²) in [5, 5.41) is 4.24. The highest BCUT2D eigenvalue weighted by Gasteiger charge is 2.32. The molecule has 94 valence electrons. The Bertz CT molecular complexity index is 406. The van der Waals surface area contributed by atoms with Crippen molar-refractivity contribution in [1.29, 1.82) is 0 Å². The molecule has 1 atom stereocenters. The summed E-state index contributed by atoms with van der Waals surface area (Å²) < 4.78 is 0.918. The highest BCUT2D eigenvalue weighted by Crippen LogP contribution is 2.38. The molecule has 0 radical (unpaired) electrons. The molecule has 1 aromatic rings. The first-order valence-corrected chi connectivity index (χ1v) is 7.13. The molecule has 0 bridgehead atoms. The van der Waals surface area contributed by atoms with E-state index in [0.29, 0.717) is 6.54 Å². The van der Waals surface area contributed by atoms with Gasteiger partial charge in [-0.15, -0.1) is 0 Å². The number of halogens is 2. The van der Waals surface area contributed by atoms with Gasteiger partial charge in [-0.05, 0) is 53.4 Å². The molecule has 0 aromatic heterocycles.